The predicted octanol–water partition coefficient (Wildman–Crippen LogP) is -0.603. The highest BCUT2D eigenvalue weighted by Gasteiger charge is 2.05. The van der Waals surface area contributed by atoms with Gasteiger partial charge in [-0.1, -0.05) is 0 Å². The molecule has 0 aromatic rings. The fraction of sp³-hybridized carbons (Fsp3) is 0.571. The average Bonchev–Trinajstić information content (AvgIpc) is 2.10. The summed E-state index contributed by atoms with van der Waals surface area (Å²) in [5.41, 5.74) is 0. The van der Waals surface area contributed by atoms with E-state index in [0.717, 1.165) is 0 Å². The van der Waals surface area contributed by atoms with Crippen LogP contribution in [-0.4, -0.2) is 38.7 Å². The molecule has 0 bridgehead atoms. The van der Waals surface area contributed by atoms with Gasteiger partial charge in [0.1, 0.15) is 12.4 Å². The topological polar surface area (TPSA) is 65.8 Å². The van der Waals surface area contributed by atoms with Crippen molar-refractivity contribution in [2.24, 2.45) is 9.98 Å². The summed E-state index contributed by atoms with van der Waals surface area (Å²) in [6, 6.07) is -0.385. The normalized spacial score (nSPS) is 13.6. The number of likely N-dealkylation sites (N-methyl/N-ethyl adjacent to an activating group) is 1. The molecule has 0 radical (unpaired) electrons. The lowest BCUT2D eigenvalue weighted by Crippen LogP contribution is -2.28. The molecule has 1 unspecified atom stereocenters. The Morgan fingerprint density at radius 2 is 2.17 bits per heavy atom. The van der Waals surface area contributed by atoms with Gasteiger partial charge in [0, 0.05) is 14.1 Å². The van der Waals surface area contributed by atoms with Gasteiger partial charge in [0.15, 0.2) is 0 Å². The maximum absolute atomic E-state index is 10.9. The number of rotatable bonds is 4. The quantitative estimate of drug-likeness (QED) is 0.437. The Labute approximate surface area is 72.0 Å². The molecule has 0 aromatic heterocycles. The molecule has 0 heterocycles. The number of nitrogens with zero attached hydrogens (tertiary/aromatic N) is 2. The summed E-state index contributed by atoms with van der Waals surface area (Å²) in [6.45, 7) is 1.70. The van der Waals surface area contributed by atoms with Gasteiger partial charge in [0.05, 0.1) is 6.34 Å². The summed E-state index contributed by atoms with van der Waals surface area (Å²) < 4.78 is 0. The van der Waals surface area contributed by atoms with Crippen LogP contribution in [0.3, 0.4) is 0 Å². The zero-order chi connectivity index (χ0) is 9.40. The molecule has 12 heavy (non-hydrogen) atoms. The van der Waals surface area contributed by atoms with Gasteiger partial charge in [-0.2, -0.15) is 0 Å². The van der Waals surface area contributed by atoms with Crippen LogP contribution in [0.1, 0.15) is 6.92 Å². The molecule has 2 N–H and O–H groups in total. The largest absolute Gasteiger partial charge is 0.379 e. The third-order valence-corrected chi connectivity index (χ3v) is 1.19. The van der Waals surface area contributed by atoms with Crippen LogP contribution in [0.2, 0.25) is 0 Å². The highest BCUT2D eigenvalue weighted by molar-refractivity contribution is 5.83. The number of nitrogens with one attached hydrogen (secondary N) is 2. The molecular formula is C7H14N4O. The second-order valence-corrected chi connectivity index (χ2v) is 2.12. The van der Waals surface area contributed by atoms with Crippen molar-refractivity contribution >= 4 is 18.6 Å². The van der Waals surface area contributed by atoms with Crippen molar-refractivity contribution in [2.75, 3.05) is 14.1 Å². The monoisotopic (exact) mass is 170 g/mol. The minimum Gasteiger partial charge on any atom is -0.379 e. The summed E-state index contributed by atoms with van der Waals surface area (Å²) in [4.78, 5) is 18.5. The molecule has 0 aliphatic rings. The molecule has 0 fully saturated rings. The smallest absolute Gasteiger partial charge is 0.244 e. The molecule has 1 atom stereocenters. The van der Waals surface area contributed by atoms with E-state index in [4.69, 9.17) is 0 Å². The van der Waals surface area contributed by atoms with Crippen LogP contribution >= 0.6 is 0 Å². The molecule has 1 amide bonds. The Morgan fingerprint density at radius 3 is 2.67 bits per heavy atom. The second-order valence-electron chi connectivity index (χ2n) is 2.12. The maximum Gasteiger partial charge on any atom is 0.244 e. The molecule has 68 valence electrons. The molecule has 5 heteroatoms. The molecule has 0 aliphatic heterocycles. The molecule has 0 rings (SSSR count). The van der Waals surface area contributed by atoms with Crippen molar-refractivity contribution < 1.29 is 4.79 Å². The Kier molecular flexibility index (Phi) is 5.60. The average molecular weight is 170 g/mol. The molecular weight excluding hydrogens is 156 g/mol. The standard InChI is InChI=1S/C7H14N4O/c1-6(7(12)9-3)11-5-10-4-8-2/h4-6H,1-3H3,(H,9,12)(H,8,10,11). The van der Waals surface area contributed by atoms with E-state index in [1.165, 1.54) is 12.7 Å². The van der Waals surface area contributed by atoms with E-state index in [1.54, 1.807) is 21.0 Å². The third-order valence-electron chi connectivity index (χ3n) is 1.19. The van der Waals surface area contributed by atoms with Crippen LogP contribution in [0.25, 0.3) is 0 Å². The Morgan fingerprint density at radius 1 is 1.50 bits per heavy atom. The van der Waals surface area contributed by atoms with Gasteiger partial charge < -0.3 is 10.6 Å². The van der Waals surface area contributed by atoms with Gasteiger partial charge in [-0.05, 0) is 6.92 Å². The highest BCUT2D eigenvalue weighted by atomic mass is 16.2. The summed E-state index contributed by atoms with van der Waals surface area (Å²) >= 11 is 0. The van der Waals surface area contributed by atoms with Crippen LogP contribution in [-0.2, 0) is 4.79 Å². The lowest BCUT2D eigenvalue weighted by molar-refractivity contribution is -0.121. The zero-order valence-corrected chi connectivity index (χ0v) is 7.53. The SMILES string of the molecule is CN/C=N/C=N\C(C)C(=O)NC. The Balaban J connectivity index is 3.82. The summed E-state index contributed by atoms with van der Waals surface area (Å²) in [5.74, 6) is -0.120. The number of carbonyl (C=O) groups excluding carboxylic acids is 1. The van der Waals surface area contributed by atoms with Crippen LogP contribution in [0.5, 0.6) is 0 Å². The van der Waals surface area contributed by atoms with Crippen LogP contribution in [0.15, 0.2) is 9.98 Å². The van der Waals surface area contributed by atoms with E-state index in [9.17, 15) is 4.79 Å². The van der Waals surface area contributed by atoms with E-state index in [2.05, 4.69) is 20.6 Å². The van der Waals surface area contributed by atoms with Gasteiger partial charge in [-0.25, -0.2) is 4.99 Å². The second kappa shape index (κ2) is 6.33. The zero-order valence-electron chi connectivity index (χ0n) is 7.53. The molecule has 0 aromatic carbocycles. The fourth-order valence-electron chi connectivity index (χ4n) is 0.523. The van der Waals surface area contributed by atoms with E-state index in [0.29, 0.717) is 0 Å². The van der Waals surface area contributed by atoms with Crippen molar-refractivity contribution in [3.63, 3.8) is 0 Å². The van der Waals surface area contributed by atoms with E-state index >= 15 is 0 Å². The van der Waals surface area contributed by atoms with Gasteiger partial charge in [0.2, 0.25) is 5.91 Å². The van der Waals surface area contributed by atoms with Crippen LogP contribution in [0, 0.1) is 0 Å². The molecule has 5 nitrogen and oxygen atoms in total. The van der Waals surface area contributed by atoms with Crippen molar-refractivity contribution in [1.29, 1.82) is 0 Å². The minimum absolute atomic E-state index is 0.120. The highest BCUT2D eigenvalue weighted by Crippen LogP contribution is 1.86. The van der Waals surface area contributed by atoms with Gasteiger partial charge in [-0.15, -0.1) is 0 Å². The van der Waals surface area contributed by atoms with Crippen molar-refractivity contribution in [1.82, 2.24) is 10.6 Å². The number of hydrogen-bond acceptors (Lipinski definition) is 2. The molecule has 0 saturated heterocycles. The van der Waals surface area contributed by atoms with Crippen LogP contribution in [0.4, 0.5) is 0 Å². The van der Waals surface area contributed by atoms with Gasteiger partial charge >= 0.3 is 0 Å². The predicted molar refractivity (Wildman–Crippen MR) is 49.6 cm³/mol. The summed E-state index contributed by atoms with van der Waals surface area (Å²) in [6.07, 6.45) is 2.83. The minimum atomic E-state index is -0.385. The number of carbonyl (C=O) groups is 1. The van der Waals surface area contributed by atoms with Crippen molar-refractivity contribution in [3.8, 4) is 0 Å². The Hall–Kier alpha value is -1.39. The number of aliphatic imine (C=N–C) groups is 2. The number of hydrogen-bond donors (Lipinski definition) is 2. The summed E-state index contributed by atoms with van der Waals surface area (Å²) in [7, 11) is 3.31. The van der Waals surface area contributed by atoms with E-state index < -0.39 is 0 Å². The molecule has 0 aliphatic carbocycles. The third kappa shape index (κ3) is 4.43. The van der Waals surface area contributed by atoms with Crippen molar-refractivity contribution in [2.45, 2.75) is 13.0 Å². The van der Waals surface area contributed by atoms with Gasteiger partial charge in [-0.3, -0.25) is 9.79 Å². The van der Waals surface area contributed by atoms with Gasteiger partial charge in [0.25, 0.3) is 0 Å². The summed E-state index contributed by atoms with van der Waals surface area (Å²) in [5, 5.41) is 5.19. The molecule has 0 spiro atoms. The maximum atomic E-state index is 10.9. The van der Waals surface area contributed by atoms with Crippen LogP contribution < -0.4 is 10.6 Å². The first-order valence-electron chi connectivity index (χ1n) is 3.64. The lowest BCUT2D eigenvalue weighted by Gasteiger charge is -2.01. The Bertz CT molecular complexity index is 188. The lowest BCUT2D eigenvalue weighted by atomic mass is 10.3. The number of amides is 1. The fourth-order valence-corrected chi connectivity index (χ4v) is 0.523. The first-order chi connectivity index (χ1) is 5.72. The molecule has 0 saturated carbocycles. The van der Waals surface area contributed by atoms with Crippen molar-refractivity contribution in [3.05, 3.63) is 0 Å². The van der Waals surface area contributed by atoms with E-state index in [-0.39, 0.29) is 11.9 Å². The first kappa shape index (κ1) is 10.6. The first-order valence-corrected chi connectivity index (χ1v) is 3.64. The van der Waals surface area contributed by atoms with E-state index in [1.807, 2.05) is 0 Å².